The number of hydrogen-bond donors (Lipinski definition) is 0. The monoisotopic (exact) mass is 341 g/mol. The van der Waals surface area contributed by atoms with E-state index in [1.165, 1.54) is 17.7 Å². The standard InChI is InChI=1S/C17H15N3O3S/c1-11-6-8-15(9-7-11)24-12(2)17-18-16(19-23-17)13-4-3-5-14(10-13)20(21)22/h3-10,12H,1-2H3/t12-/m1/s1. The van der Waals surface area contributed by atoms with Crippen molar-refractivity contribution in [2.24, 2.45) is 0 Å². The lowest BCUT2D eigenvalue weighted by atomic mass is 10.2. The third-order valence-corrected chi connectivity index (χ3v) is 4.54. The van der Waals surface area contributed by atoms with Gasteiger partial charge in [0.1, 0.15) is 0 Å². The van der Waals surface area contributed by atoms with E-state index in [-0.39, 0.29) is 10.9 Å². The van der Waals surface area contributed by atoms with E-state index in [1.54, 1.807) is 23.9 Å². The van der Waals surface area contributed by atoms with Crippen LogP contribution in [0, 0.1) is 17.0 Å². The second kappa shape index (κ2) is 6.84. The average Bonchev–Trinajstić information content (AvgIpc) is 3.07. The maximum absolute atomic E-state index is 10.9. The molecule has 0 bridgehead atoms. The summed E-state index contributed by atoms with van der Waals surface area (Å²) in [5, 5.41) is 14.8. The van der Waals surface area contributed by atoms with Crippen molar-refractivity contribution in [1.82, 2.24) is 10.1 Å². The van der Waals surface area contributed by atoms with Crippen LogP contribution in [0.4, 0.5) is 5.69 Å². The summed E-state index contributed by atoms with van der Waals surface area (Å²) in [4.78, 5) is 15.9. The number of non-ortho nitro benzene ring substituents is 1. The van der Waals surface area contributed by atoms with E-state index in [0.29, 0.717) is 17.3 Å². The number of nitrogens with zero attached hydrogens (tertiary/aromatic N) is 3. The highest BCUT2D eigenvalue weighted by molar-refractivity contribution is 7.99. The van der Waals surface area contributed by atoms with Crippen molar-refractivity contribution in [2.75, 3.05) is 0 Å². The van der Waals surface area contributed by atoms with Gasteiger partial charge in [-0.05, 0) is 26.0 Å². The van der Waals surface area contributed by atoms with Gasteiger partial charge in [0.25, 0.3) is 5.69 Å². The van der Waals surface area contributed by atoms with Gasteiger partial charge in [-0.2, -0.15) is 4.98 Å². The molecule has 0 fully saturated rings. The Morgan fingerprint density at radius 2 is 1.96 bits per heavy atom. The second-order valence-corrected chi connectivity index (χ2v) is 6.75. The molecular weight excluding hydrogens is 326 g/mol. The molecule has 0 unspecified atom stereocenters. The minimum absolute atomic E-state index is 0.000860. The number of aromatic nitrogens is 2. The molecular formula is C17H15N3O3S. The van der Waals surface area contributed by atoms with Gasteiger partial charge in [0.05, 0.1) is 10.2 Å². The molecule has 6 nitrogen and oxygen atoms in total. The molecule has 0 spiro atoms. The molecule has 0 radical (unpaired) electrons. The lowest BCUT2D eigenvalue weighted by Gasteiger charge is -2.06. The topological polar surface area (TPSA) is 82.1 Å². The highest BCUT2D eigenvalue weighted by Crippen LogP contribution is 2.34. The molecule has 1 atom stereocenters. The molecule has 2 aromatic carbocycles. The molecule has 0 amide bonds. The SMILES string of the molecule is Cc1ccc(S[C@H](C)c2nc(-c3cccc([N+](=O)[O-])c3)no2)cc1. The first-order valence-corrected chi connectivity index (χ1v) is 8.22. The van der Waals surface area contributed by atoms with Crippen molar-refractivity contribution in [1.29, 1.82) is 0 Å². The number of hydrogen-bond acceptors (Lipinski definition) is 6. The molecule has 3 aromatic rings. The van der Waals surface area contributed by atoms with Crippen molar-refractivity contribution in [3.63, 3.8) is 0 Å². The number of benzene rings is 2. The summed E-state index contributed by atoms with van der Waals surface area (Å²) in [7, 11) is 0. The maximum atomic E-state index is 10.9. The smallest absolute Gasteiger partial charge is 0.270 e. The number of rotatable bonds is 5. The minimum atomic E-state index is -0.444. The Hall–Kier alpha value is -2.67. The molecule has 0 aliphatic rings. The average molecular weight is 341 g/mol. The van der Waals surface area contributed by atoms with Gasteiger partial charge in [0.15, 0.2) is 0 Å². The molecule has 1 aromatic heterocycles. The van der Waals surface area contributed by atoms with Crippen LogP contribution in [-0.4, -0.2) is 15.1 Å². The Balaban J connectivity index is 1.78. The summed E-state index contributed by atoms with van der Waals surface area (Å²) in [6.45, 7) is 4.02. The molecule has 1 heterocycles. The molecule has 0 aliphatic heterocycles. The first kappa shape index (κ1) is 16.2. The second-order valence-electron chi connectivity index (χ2n) is 5.34. The number of aryl methyl sites for hydroxylation is 1. The van der Waals surface area contributed by atoms with Crippen LogP contribution in [-0.2, 0) is 0 Å². The van der Waals surface area contributed by atoms with Crippen LogP contribution in [0.1, 0.15) is 23.6 Å². The van der Waals surface area contributed by atoms with Gasteiger partial charge in [-0.15, -0.1) is 11.8 Å². The van der Waals surface area contributed by atoms with Crippen molar-refractivity contribution in [3.05, 3.63) is 70.1 Å². The van der Waals surface area contributed by atoms with Crippen LogP contribution in [0.3, 0.4) is 0 Å². The summed E-state index contributed by atoms with van der Waals surface area (Å²) in [6.07, 6.45) is 0. The van der Waals surface area contributed by atoms with Crippen LogP contribution in [0.15, 0.2) is 57.9 Å². The van der Waals surface area contributed by atoms with E-state index in [4.69, 9.17) is 4.52 Å². The van der Waals surface area contributed by atoms with Crippen LogP contribution in [0.5, 0.6) is 0 Å². The summed E-state index contributed by atoms with van der Waals surface area (Å²) in [5.74, 6) is 0.840. The molecule has 122 valence electrons. The van der Waals surface area contributed by atoms with E-state index in [1.807, 2.05) is 26.0 Å². The number of nitro benzene ring substituents is 1. The van der Waals surface area contributed by atoms with Gasteiger partial charge in [0.2, 0.25) is 11.7 Å². The van der Waals surface area contributed by atoms with E-state index in [2.05, 4.69) is 22.3 Å². The Labute approximate surface area is 143 Å². The Bertz CT molecular complexity index is 862. The van der Waals surface area contributed by atoms with E-state index >= 15 is 0 Å². The van der Waals surface area contributed by atoms with E-state index in [9.17, 15) is 10.1 Å². The normalized spacial score (nSPS) is 12.1. The first-order valence-electron chi connectivity index (χ1n) is 7.34. The summed E-state index contributed by atoms with van der Waals surface area (Å²) >= 11 is 1.62. The maximum Gasteiger partial charge on any atom is 0.270 e. The largest absolute Gasteiger partial charge is 0.338 e. The number of thioether (sulfide) groups is 1. The van der Waals surface area contributed by atoms with Gasteiger partial charge < -0.3 is 4.52 Å². The van der Waals surface area contributed by atoms with Crippen LogP contribution in [0.25, 0.3) is 11.4 Å². The van der Waals surface area contributed by atoms with Crippen molar-refractivity contribution >= 4 is 17.4 Å². The molecule has 0 aliphatic carbocycles. The highest BCUT2D eigenvalue weighted by Gasteiger charge is 2.17. The van der Waals surface area contributed by atoms with Crippen molar-refractivity contribution in [2.45, 2.75) is 24.0 Å². The molecule has 7 heteroatoms. The molecule has 0 N–H and O–H groups in total. The first-order chi connectivity index (χ1) is 11.5. The third-order valence-electron chi connectivity index (χ3n) is 3.44. The highest BCUT2D eigenvalue weighted by atomic mass is 32.2. The predicted octanol–water partition coefficient (Wildman–Crippen LogP) is 4.81. The Kier molecular flexibility index (Phi) is 4.61. The van der Waals surface area contributed by atoms with Gasteiger partial charge in [0, 0.05) is 22.6 Å². The fraction of sp³-hybridized carbons (Fsp3) is 0.176. The lowest BCUT2D eigenvalue weighted by molar-refractivity contribution is -0.384. The Morgan fingerprint density at radius 3 is 2.67 bits per heavy atom. The van der Waals surface area contributed by atoms with Crippen molar-refractivity contribution in [3.8, 4) is 11.4 Å². The van der Waals surface area contributed by atoms with Crippen LogP contribution >= 0.6 is 11.8 Å². The van der Waals surface area contributed by atoms with Gasteiger partial charge >= 0.3 is 0 Å². The minimum Gasteiger partial charge on any atom is -0.338 e. The van der Waals surface area contributed by atoms with E-state index < -0.39 is 4.92 Å². The fourth-order valence-corrected chi connectivity index (χ4v) is 3.05. The van der Waals surface area contributed by atoms with Gasteiger partial charge in [-0.3, -0.25) is 10.1 Å². The Morgan fingerprint density at radius 1 is 1.21 bits per heavy atom. The predicted molar refractivity (Wildman–Crippen MR) is 91.8 cm³/mol. The summed E-state index contributed by atoms with van der Waals surface area (Å²) in [6, 6.07) is 14.4. The zero-order chi connectivity index (χ0) is 17.1. The molecule has 0 saturated heterocycles. The van der Waals surface area contributed by atoms with Crippen LogP contribution in [0.2, 0.25) is 0 Å². The lowest BCUT2D eigenvalue weighted by Crippen LogP contribution is -1.90. The number of nitro groups is 1. The molecule has 0 saturated carbocycles. The van der Waals surface area contributed by atoms with Crippen molar-refractivity contribution < 1.29 is 9.45 Å². The third kappa shape index (κ3) is 3.62. The van der Waals surface area contributed by atoms with E-state index in [0.717, 1.165) is 4.90 Å². The molecule has 3 rings (SSSR count). The van der Waals surface area contributed by atoms with Gasteiger partial charge in [-0.25, -0.2) is 0 Å². The van der Waals surface area contributed by atoms with Crippen LogP contribution < -0.4 is 0 Å². The zero-order valence-electron chi connectivity index (χ0n) is 13.2. The zero-order valence-corrected chi connectivity index (χ0v) is 14.0. The summed E-state index contributed by atoms with van der Waals surface area (Å²) in [5.41, 5.74) is 1.77. The molecule has 24 heavy (non-hydrogen) atoms. The summed E-state index contributed by atoms with van der Waals surface area (Å²) < 4.78 is 5.33. The van der Waals surface area contributed by atoms with Gasteiger partial charge in [-0.1, -0.05) is 35.0 Å². The fourth-order valence-electron chi connectivity index (χ4n) is 2.15. The quantitative estimate of drug-likeness (QED) is 0.376.